The van der Waals surface area contributed by atoms with Crippen molar-refractivity contribution >= 4 is 0 Å². The molecule has 2 heterocycles. The van der Waals surface area contributed by atoms with Gasteiger partial charge >= 0.3 is 0 Å². The van der Waals surface area contributed by atoms with E-state index in [9.17, 15) is 0 Å². The Kier molecular flexibility index (Phi) is 3.96. The second-order valence-corrected chi connectivity index (χ2v) is 4.60. The van der Waals surface area contributed by atoms with Gasteiger partial charge in [-0.25, -0.2) is 0 Å². The Morgan fingerprint density at radius 1 is 1.44 bits per heavy atom. The number of hydrogen-bond donors (Lipinski definition) is 1. The number of aromatic nitrogens is 2. The minimum absolute atomic E-state index is 0.677. The molecule has 0 bridgehead atoms. The second-order valence-electron chi connectivity index (χ2n) is 4.60. The topological polar surface area (TPSA) is 33.1 Å². The summed E-state index contributed by atoms with van der Waals surface area (Å²) in [5.74, 6) is 0. The monoisotopic (exact) mass is 222 g/mol. The fourth-order valence-corrected chi connectivity index (χ4v) is 2.26. The molecule has 0 aliphatic carbocycles. The lowest BCUT2D eigenvalue weighted by Crippen LogP contribution is -2.40. The zero-order valence-electron chi connectivity index (χ0n) is 10.3. The van der Waals surface area contributed by atoms with Gasteiger partial charge in [0.1, 0.15) is 0 Å². The molecule has 1 aromatic rings. The molecule has 1 fully saturated rings. The molecule has 0 spiro atoms. The first-order chi connectivity index (χ1) is 7.79. The van der Waals surface area contributed by atoms with Crippen molar-refractivity contribution in [3.63, 3.8) is 0 Å². The van der Waals surface area contributed by atoms with E-state index < -0.39 is 0 Å². The van der Waals surface area contributed by atoms with Crippen molar-refractivity contribution in [2.75, 3.05) is 20.1 Å². The number of rotatable bonds is 4. The van der Waals surface area contributed by atoms with Gasteiger partial charge in [-0.3, -0.25) is 4.68 Å². The molecule has 1 aliphatic heterocycles. The van der Waals surface area contributed by atoms with E-state index in [4.69, 9.17) is 0 Å². The quantitative estimate of drug-likeness (QED) is 0.828. The Morgan fingerprint density at radius 3 is 2.88 bits per heavy atom. The van der Waals surface area contributed by atoms with Gasteiger partial charge in [-0.15, -0.1) is 0 Å². The summed E-state index contributed by atoms with van der Waals surface area (Å²) in [7, 11) is 2.20. The van der Waals surface area contributed by atoms with Gasteiger partial charge in [0.05, 0.1) is 5.69 Å². The van der Waals surface area contributed by atoms with Crippen LogP contribution < -0.4 is 5.32 Å². The highest BCUT2D eigenvalue weighted by atomic mass is 15.3. The van der Waals surface area contributed by atoms with Crippen molar-refractivity contribution in [3.8, 4) is 0 Å². The van der Waals surface area contributed by atoms with Crippen molar-refractivity contribution in [3.05, 3.63) is 18.0 Å². The van der Waals surface area contributed by atoms with Crippen LogP contribution in [-0.4, -0.2) is 40.9 Å². The molecule has 4 heteroatoms. The molecule has 2 rings (SSSR count). The highest BCUT2D eigenvalue weighted by molar-refractivity contribution is 5.00. The van der Waals surface area contributed by atoms with Gasteiger partial charge in [-0.05, 0) is 46.0 Å². The molecule has 0 saturated carbocycles. The average Bonchev–Trinajstić information content (AvgIpc) is 2.76. The fraction of sp³-hybridized carbons (Fsp3) is 0.750. The molecule has 1 aromatic heterocycles. The molecular formula is C12H22N4. The largest absolute Gasteiger partial charge is 0.308 e. The summed E-state index contributed by atoms with van der Waals surface area (Å²) in [4.78, 5) is 2.40. The number of piperidine rings is 1. The number of nitrogens with one attached hydrogen (secondary N) is 1. The summed E-state index contributed by atoms with van der Waals surface area (Å²) in [6.07, 6.45) is 4.41. The summed E-state index contributed by atoms with van der Waals surface area (Å²) in [5.41, 5.74) is 1.29. The van der Waals surface area contributed by atoms with E-state index >= 15 is 0 Å². The van der Waals surface area contributed by atoms with Crippen molar-refractivity contribution in [1.82, 2.24) is 20.0 Å². The summed E-state index contributed by atoms with van der Waals surface area (Å²) in [6, 6.07) is 2.78. The summed E-state index contributed by atoms with van der Waals surface area (Å²) >= 11 is 0. The SMILES string of the molecule is CCn1nccc1CNC1CCN(C)CC1. The molecule has 1 N–H and O–H groups in total. The first-order valence-electron chi connectivity index (χ1n) is 6.22. The zero-order chi connectivity index (χ0) is 11.4. The highest BCUT2D eigenvalue weighted by Crippen LogP contribution is 2.09. The van der Waals surface area contributed by atoms with Crippen molar-refractivity contribution < 1.29 is 0 Å². The zero-order valence-corrected chi connectivity index (χ0v) is 10.3. The van der Waals surface area contributed by atoms with Crippen LogP contribution in [-0.2, 0) is 13.1 Å². The van der Waals surface area contributed by atoms with Crippen molar-refractivity contribution in [2.45, 2.75) is 38.9 Å². The summed E-state index contributed by atoms with van der Waals surface area (Å²) in [5, 5.41) is 7.91. The minimum atomic E-state index is 0.677. The van der Waals surface area contributed by atoms with E-state index in [2.05, 4.69) is 40.0 Å². The Labute approximate surface area is 97.6 Å². The van der Waals surface area contributed by atoms with Crippen LogP contribution in [0.1, 0.15) is 25.5 Å². The van der Waals surface area contributed by atoms with Crippen LogP contribution in [0.3, 0.4) is 0 Å². The lowest BCUT2D eigenvalue weighted by Gasteiger charge is -2.29. The van der Waals surface area contributed by atoms with Crippen molar-refractivity contribution in [1.29, 1.82) is 0 Å². The van der Waals surface area contributed by atoms with Gasteiger partial charge in [-0.2, -0.15) is 5.10 Å². The molecule has 0 aromatic carbocycles. The van der Waals surface area contributed by atoms with E-state index in [1.165, 1.54) is 31.6 Å². The molecule has 1 saturated heterocycles. The maximum absolute atomic E-state index is 4.28. The third-order valence-corrected chi connectivity index (χ3v) is 3.39. The fourth-order valence-electron chi connectivity index (χ4n) is 2.26. The molecular weight excluding hydrogens is 200 g/mol. The van der Waals surface area contributed by atoms with E-state index in [1.807, 2.05) is 6.20 Å². The molecule has 0 unspecified atom stereocenters. The van der Waals surface area contributed by atoms with Crippen LogP contribution in [0, 0.1) is 0 Å². The maximum atomic E-state index is 4.28. The summed E-state index contributed by atoms with van der Waals surface area (Å²) in [6.45, 7) is 6.46. The predicted molar refractivity (Wildman–Crippen MR) is 65.3 cm³/mol. The smallest absolute Gasteiger partial charge is 0.0522 e. The molecule has 0 radical (unpaired) electrons. The number of nitrogens with zero attached hydrogens (tertiary/aromatic N) is 3. The van der Waals surface area contributed by atoms with Gasteiger partial charge in [0.15, 0.2) is 0 Å². The summed E-state index contributed by atoms with van der Waals surface area (Å²) < 4.78 is 2.06. The maximum Gasteiger partial charge on any atom is 0.0522 e. The highest BCUT2D eigenvalue weighted by Gasteiger charge is 2.16. The van der Waals surface area contributed by atoms with Crippen LogP contribution in [0.4, 0.5) is 0 Å². The normalized spacial score (nSPS) is 19.1. The van der Waals surface area contributed by atoms with E-state index in [1.54, 1.807) is 0 Å². The van der Waals surface area contributed by atoms with Crippen LogP contribution >= 0.6 is 0 Å². The molecule has 0 atom stereocenters. The molecule has 4 nitrogen and oxygen atoms in total. The van der Waals surface area contributed by atoms with E-state index in [0.717, 1.165) is 13.1 Å². The van der Waals surface area contributed by atoms with Gasteiger partial charge in [0.25, 0.3) is 0 Å². The van der Waals surface area contributed by atoms with Crippen LogP contribution in [0.5, 0.6) is 0 Å². The van der Waals surface area contributed by atoms with Gasteiger partial charge in [0.2, 0.25) is 0 Å². The van der Waals surface area contributed by atoms with Gasteiger partial charge in [0, 0.05) is 25.3 Å². The first kappa shape index (κ1) is 11.6. The number of hydrogen-bond acceptors (Lipinski definition) is 3. The third-order valence-electron chi connectivity index (χ3n) is 3.39. The lowest BCUT2D eigenvalue weighted by atomic mass is 10.1. The Bertz CT molecular complexity index is 313. The third kappa shape index (κ3) is 2.83. The molecule has 1 aliphatic rings. The predicted octanol–water partition coefficient (Wildman–Crippen LogP) is 1.09. The standard InChI is InChI=1S/C12H22N4/c1-3-16-12(4-7-14-16)10-13-11-5-8-15(2)9-6-11/h4,7,11,13H,3,5-6,8-10H2,1-2H3. The van der Waals surface area contributed by atoms with E-state index in [-0.39, 0.29) is 0 Å². The molecule has 16 heavy (non-hydrogen) atoms. The first-order valence-corrected chi connectivity index (χ1v) is 6.22. The van der Waals surface area contributed by atoms with Crippen molar-refractivity contribution in [2.24, 2.45) is 0 Å². The number of likely N-dealkylation sites (tertiary alicyclic amines) is 1. The van der Waals surface area contributed by atoms with Crippen LogP contribution in [0.25, 0.3) is 0 Å². The van der Waals surface area contributed by atoms with Gasteiger partial charge < -0.3 is 10.2 Å². The Balaban J connectivity index is 1.79. The van der Waals surface area contributed by atoms with E-state index in [0.29, 0.717) is 6.04 Å². The lowest BCUT2D eigenvalue weighted by molar-refractivity contribution is 0.233. The second kappa shape index (κ2) is 5.46. The Hall–Kier alpha value is -0.870. The average molecular weight is 222 g/mol. The Morgan fingerprint density at radius 2 is 2.19 bits per heavy atom. The molecule has 0 amide bonds. The van der Waals surface area contributed by atoms with Gasteiger partial charge in [-0.1, -0.05) is 0 Å². The minimum Gasteiger partial charge on any atom is -0.308 e. The van der Waals surface area contributed by atoms with Crippen LogP contribution in [0.15, 0.2) is 12.3 Å². The molecule has 90 valence electrons. The number of aryl methyl sites for hydroxylation is 1. The van der Waals surface area contributed by atoms with Crippen LogP contribution in [0.2, 0.25) is 0 Å².